The minimum absolute atomic E-state index is 0.112. The van der Waals surface area contributed by atoms with Crippen LogP contribution < -0.4 is 5.32 Å². The normalized spacial score (nSPS) is 15.1. The predicted octanol–water partition coefficient (Wildman–Crippen LogP) is 5.19. The average molecular weight is 350 g/mol. The highest BCUT2D eigenvalue weighted by Crippen LogP contribution is 2.45. The summed E-state index contributed by atoms with van der Waals surface area (Å²) >= 11 is 5.73. The summed E-state index contributed by atoms with van der Waals surface area (Å²) < 4.78 is 0.524. The first-order valence-electron chi connectivity index (χ1n) is 7.47. The number of rotatable bonds is 6. The lowest BCUT2D eigenvalue weighted by Gasteiger charge is -2.11. The van der Waals surface area contributed by atoms with Crippen LogP contribution in [0.3, 0.4) is 0 Å². The molecule has 0 spiro atoms. The molecule has 0 radical (unpaired) electrons. The fraction of sp³-hybridized carbons (Fsp3) is 0.353. The second-order valence-corrected chi connectivity index (χ2v) is 8.94. The zero-order valence-corrected chi connectivity index (χ0v) is 14.7. The number of thiophene rings is 1. The summed E-state index contributed by atoms with van der Waals surface area (Å²) in [5, 5.41) is 5.12. The van der Waals surface area contributed by atoms with Gasteiger partial charge in [0.1, 0.15) is 0 Å². The van der Waals surface area contributed by atoms with Crippen LogP contribution in [-0.4, -0.2) is 17.4 Å². The lowest BCUT2D eigenvalue weighted by Crippen LogP contribution is -2.11. The summed E-state index contributed by atoms with van der Waals surface area (Å²) in [7, 11) is 0. The molecule has 1 amide bonds. The maximum atomic E-state index is 12.1. The molecule has 0 aliphatic carbocycles. The molecule has 22 heavy (non-hydrogen) atoms. The molecule has 0 bridgehead atoms. The second kappa shape index (κ2) is 8.09. The second-order valence-electron chi connectivity index (χ2n) is 5.18. The van der Waals surface area contributed by atoms with Gasteiger partial charge in [0, 0.05) is 28.5 Å². The molecule has 1 aliphatic rings. The predicted molar refractivity (Wildman–Crippen MR) is 100.0 cm³/mol. The van der Waals surface area contributed by atoms with Crippen LogP contribution >= 0.6 is 34.9 Å². The first kappa shape index (κ1) is 16.0. The summed E-state index contributed by atoms with van der Waals surface area (Å²) in [6.07, 6.45) is 2.47. The van der Waals surface area contributed by atoms with Crippen LogP contribution in [0.2, 0.25) is 0 Å². The van der Waals surface area contributed by atoms with Crippen molar-refractivity contribution in [3.63, 3.8) is 0 Å². The molecule has 0 atom stereocenters. The zero-order valence-electron chi connectivity index (χ0n) is 12.3. The summed E-state index contributed by atoms with van der Waals surface area (Å²) in [6, 6.07) is 12.5. The number of amides is 1. The van der Waals surface area contributed by atoms with Crippen molar-refractivity contribution >= 4 is 46.5 Å². The van der Waals surface area contributed by atoms with Crippen molar-refractivity contribution in [2.24, 2.45) is 0 Å². The number of hydrogen-bond acceptors (Lipinski definition) is 4. The number of carbonyl (C=O) groups is 1. The number of nitrogens with one attached hydrogen (secondary N) is 1. The minimum Gasteiger partial charge on any atom is -0.326 e. The SMILES string of the molecule is O=C(CCCc1cccs1)Nc1cccc(C2SCCS2)c1. The highest BCUT2D eigenvalue weighted by molar-refractivity contribution is 8.19. The molecule has 2 nitrogen and oxygen atoms in total. The Morgan fingerprint density at radius 1 is 1.18 bits per heavy atom. The molecule has 2 heterocycles. The molecule has 1 N–H and O–H groups in total. The van der Waals surface area contributed by atoms with E-state index in [2.05, 4.69) is 35.0 Å². The Labute approximate surface area is 144 Å². The van der Waals surface area contributed by atoms with Gasteiger partial charge in [-0.3, -0.25) is 4.79 Å². The Morgan fingerprint density at radius 2 is 2.05 bits per heavy atom. The van der Waals surface area contributed by atoms with Crippen molar-refractivity contribution in [3.05, 3.63) is 52.2 Å². The molecule has 5 heteroatoms. The lowest BCUT2D eigenvalue weighted by atomic mass is 10.2. The van der Waals surface area contributed by atoms with Crippen molar-refractivity contribution in [1.29, 1.82) is 0 Å². The first-order chi connectivity index (χ1) is 10.8. The van der Waals surface area contributed by atoms with E-state index in [1.54, 1.807) is 11.3 Å². The van der Waals surface area contributed by atoms with Gasteiger partial charge in [-0.2, -0.15) is 0 Å². The number of carbonyl (C=O) groups excluding carboxylic acids is 1. The van der Waals surface area contributed by atoms with Crippen LogP contribution in [-0.2, 0) is 11.2 Å². The van der Waals surface area contributed by atoms with Crippen molar-refractivity contribution in [2.75, 3.05) is 16.8 Å². The third kappa shape index (κ3) is 4.54. The lowest BCUT2D eigenvalue weighted by molar-refractivity contribution is -0.116. The summed E-state index contributed by atoms with van der Waals surface area (Å²) in [6.45, 7) is 0. The summed E-state index contributed by atoms with van der Waals surface area (Å²) in [5.74, 6) is 2.55. The minimum atomic E-state index is 0.112. The monoisotopic (exact) mass is 349 g/mol. The van der Waals surface area contributed by atoms with Crippen molar-refractivity contribution in [3.8, 4) is 0 Å². The molecule has 1 fully saturated rings. The van der Waals surface area contributed by atoms with Crippen LogP contribution in [0.5, 0.6) is 0 Å². The van der Waals surface area contributed by atoms with E-state index in [1.807, 2.05) is 35.7 Å². The Bertz CT molecular complexity index is 606. The molecule has 1 saturated heterocycles. The van der Waals surface area contributed by atoms with E-state index in [0.717, 1.165) is 18.5 Å². The molecule has 1 aliphatic heterocycles. The maximum absolute atomic E-state index is 12.1. The van der Waals surface area contributed by atoms with E-state index in [4.69, 9.17) is 0 Å². The van der Waals surface area contributed by atoms with Gasteiger partial charge in [0.15, 0.2) is 0 Å². The largest absolute Gasteiger partial charge is 0.326 e. The number of hydrogen-bond donors (Lipinski definition) is 1. The summed E-state index contributed by atoms with van der Waals surface area (Å²) in [4.78, 5) is 13.4. The number of anilines is 1. The maximum Gasteiger partial charge on any atom is 0.224 e. The van der Waals surface area contributed by atoms with Crippen molar-refractivity contribution < 1.29 is 4.79 Å². The fourth-order valence-electron chi connectivity index (χ4n) is 2.42. The quantitative estimate of drug-likeness (QED) is 0.778. The standard InChI is InChI=1S/C17H19NOS3/c19-16(8-2-6-15-7-3-9-20-15)18-14-5-1-4-13(12-14)17-21-10-11-22-17/h1,3-5,7,9,12,17H,2,6,8,10-11H2,(H,18,19). The van der Waals surface area contributed by atoms with E-state index in [-0.39, 0.29) is 5.91 Å². The van der Waals surface area contributed by atoms with Gasteiger partial charge >= 0.3 is 0 Å². The molecule has 1 aromatic carbocycles. The van der Waals surface area contributed by atoms with E-state index in [9.17, 15) is 4.79 Å². The zero-order chi connectivity index (χ0) is 15.2. The summed E-state index contributed by atoms with van der Waals surface area (Å²) in [5.41, 5.74) is 2.23. The highest BCUT2D eigenvalue weighted by atomic mass is 32.2. The van der Waals surface area contributed by atoms with Gasteiger partial charge in [-0.25, -0.2) is 0 Å². The van der Waals surface area contributed by atoms with E-state index >= 15 is 0 Å². The smallest absolute Gasteiger partial charge is 0.224 e. The van der Waals surface area contributed by atoms with Crippen molar-refractivity contribution in [2.45, 2.75) is 23.8 Å². The van der Waals surface area contributed by atoms with Crippen LogP contribution in [0.1, 0.15) is 27.9 Å². The molecular weight excluding hydrogens is 330 g/mol. The van der Waals surface area contributed by atoms with Gasteiger partial charge in [0.05, 0.1) is 4.58 Å². The number of thioether (sulfide) groups is 2. The van der Waals surface area contributed by atoms with Gasteiger partial charge in [-0.15, -0.1) is 34.9 Å². The average Bonchev–Trinajstić information content (AvgIpc) is 3.21. The molecular formula is C17H19NOS3. The highest BCUT2D eigenvalue weighted by Gasteiger charge is 2.18. The molecule has 3 rings (SSSR count). The van der Waals surface area contributed by atoms with E-state index < -0.39 is 0 Å². The van der Waals surface area contributed by atoms with Gasteiger partial charge in [0.2, 0.25) is 5.91 Å². The van der Waals surface area contributed by atoms with E-state index in [0.29, 0.717) is 11.0 Å². The third-order valence-electron chi connectivity index (χ3n) is 3.47. The van der Waals surface area contributed by atoms with Crippen molar-refractivity contribution in [1.82, 2.24) is 0 Å². The molecule has 1 aromatic heterocycles. The molecule has 0 unspecified atom stereocenters. The molecule has 116 valence electrons. The van der Waals surface area contributed by atoms with Gasteiger partial charge in [-0.05, 0) is 42.0 Å². The topological polar surface area (TPSA) is 29.1 Å². The Balaban J connectivity index is 1.49. The van der Waals surface area contributed by atoms with Gasteiger partial charge < -0.3 is 5.32 Å². The number of aryl methyl sites for hydroxylation is 1. The fourth-order valence-corrected chi connectivity index (χ4v) is 6.00. The first-order valence-corrected chi connectivity index (χ1v) is 10.4. The third-order valence-corrected chi connectivity index (χ3v) is 7.51. The van der Waals surface area contributed by atoms with Gasteiger partial charge in [0.25, 0.3) is 0 Å². The Morgan fingerprint density at radius 3 is 2.82 bits per heavy atom. The molecule has 0 saturated carbocycles. The Hall–Kier alpha value is -0.910. The van der Waals surface area contributed by atoms with Crippen LogP contribution in [0.4, 0.5) is 5.69 Å². The van der Waals surface area contributed by atoms with Crippen LogP contribution in [0.25, 0.3) is 0 Å². The number of benzene rings is 1. The van der Waals surface area contributed by atoms with E-state index in [1.165, 1.54) is 21.9 Å². The van der Waals surface area contributed by atoms with Gasteiger partial charge in [-0.1, -0.05) is 18.2 Å². The Kier molecular flexibility index (Phi) is 5.87. The van der Waals surface area contributed by atoms with Crippen LogP contribution in [0, 0.1) is 0 Å². The van der Waals surface area contributed by atoms with Crippen LogP contribution in [0.15, 0.2) is 41.8 Å². The molecule has 2 aromatic rings.